The third-order valence-electron chi connectivity index (χ3n) is 3.55. The van der Waals surface area contributed by atoms with Crippen molar-refractivity contribution < 1.29 is 13.6 Å². The van der Waals surface area contributed by atoms with Crippen molar-refractivity contribution in [2.45, 2.75) is 19.8 Å². The zero-order valence-corrected chi connectivity index (χ0v) is 12.8. The van der Waals surface area contributed by atoms with Gasteiger partial charge in [0.2, 0.25) is 5.91 Å². The van der Waals surface area contributed by atoms with Crippen LogP contribution < -0.4 is 5.32 Å². The molecule has 1 heterocycles. The van der Waals surface area contributed by atoms with Crippen LogP contribution in [0, 0.1) is 12.7 Å². The fraction of sp³-hybridized carbons (Fsp3) is 0.222. The van der Waals surface area contributed by atoms with Crippen LogP contribution in [0.1, 0.15) is 17.0 Å². The monoisotopic (exact) mass is 312 g/mol. The minimum Gasteiger partial charge on any atom is -0.441 e. The van der Waals surface area contributed by atoms with E-state index in [1.165, 1.54) is 12.1 Å². The van der Waals surface area contributed by atoms with Gasteiger partial charge in [0.1, 0.15) is 11.3 Å². The summed E-state index contributed by atoms with van der Waals surface area (Å²) in [6.07, 6.45) is 0.878. The Hall–Kier alpha value is -2.69. The van der Waals surface area contributed by atoms with Crippen molar-refractivity contribution in [3.05, 3.63) is 65.3 Å². The Morgan fingerprint density at radius 2 is 2.09 bits per heavy atom. The topological polar surface area (TPSA) is 55.1 Å². The lowest BCUT2D eigenvalue weighted by molar-refractivity contribution is -0.120. The van der Waals surface area contributed by atoms with Crippen molar-refractivity contribution in [2.75, 3.05) is 6.54 Å². The van der Waals surface area contributed by atoms with Crippen LogP contribution in [0.25, 0.3) is 11.1 Å². The minimum atomic E-state index is -0.328. The number of rotatable bonds is 5. The zero-order chi connectivity index (χ0) is 16.2. The number of oxazole rings is 1. The molecule has 0 aliphatic carbocycles. The Labute approximate surface area is 133 Å². The van der Waals surface area contributed by atoms with Crippen LogP contribution in [0.4, 0.5) is 4.39 Å². The molecule has 0 atom stereocenters. The number of benzene rings is 2. The van der Waals surface area contributed by atoms with Gasteiger partial charge in [0.25, 0.3) is 0 Å². The van der Waals surface area contributed by atoms with Crippen molar-refractivity contribution in [2.24, 2.45) is 0 Å². The molecule has 2 aromatic carbocycles. The second-order valence-electron chi connectivity index (χ2n) is 5.44. The van der Waals surface area contributed by atoms with E-state index in [2.05, 4.69) is 10.3 Å². The van der Waals surface area contributed by atoms with Crippen LogP contribution in [0.5, 0.6) is 0 Å². The summed E-state index contributed by atoms with van der Waals surface area (Å²) in [5, 5.41) is 2.84. The summed E-state index contributed by atoms with van der Waals surface area (Å²) in [6, 6.07) is 11.9. The van der Waals surface area contributed by atoms with Gasteiger partial charge in [-0.25, -0.2) is 9.37 Å². The van der Waals surface area contributed by atoms with Crippen molar-refractivity contribution in [1.29, 1.82) is 0 Å². The van der Waals surface area contributed by atoms with Gasteiger partial charge in [0.05, 0.1) is 6.42 Å². The molecule has 0 radical (unpaired) electrons. The largest absolute Gasteiger partial charge is 0.441 e. The van der Waals surface area contributed by atoms with Crippen LogP contribution in [-0.4, -0.2) is 17.4 Å². The Kier molecular flexibility index (Phi) is 4.37. The molecule has 118 valence electrons. The molecule has 23 heavy (non-hydrogen) atoms. The number of aryl methyl sites for hydroxylation is 1. The van der Waals surface area contributed by atoms with Gasteiger partial charge < -0.3 is 9.73 Å². The molecule has 5 heteroatoms. The predicted molar refractivity (Wildman–Crippen MR) is 85.6 cm³/mol. The van der Waals surface area contributed by atoms with Crippen molar-refractivity contribution in [1.82, 2.24) is 10.3 Å². The lowest BCUT2D eigenvalue weighted by atomic mass is 10.1. The second kappa shape index (κ2) is 6.60. The first kappa shape index (κ1) is 15.2. The molecule has 0 spiro atoms. The Balaban J connectivity index is 1.52. The molecule has 0 saturated carbocycles. The van der Waals surface area contributed by atoms with E-state index in [0.717, 1.165) is 16.7 Å². The number of carbonyl (C=O) groups excluding carboxylic acids is 1. The average molecular weight is 312 g/mol. The SMILES string of the molecule is Cc1nc2ccc(CCNC(=O)Cc3cccc(F)c3)cc2o1. The molecule has 0 aliphatic heterocycles. The number of hydrogen-bond donors (Lipinski definition) is 1. The number of nitrogens with one attached hydrogen (secondary N) is 1. The standard InChI is InChI=1S/C18H17FN2O2/c1-12-21-16-6-5-13(10-17(16)23-12)7-8-20-18(22)11-14-3-2-4-15(19)9-14/h2-6,9-10H,7-8,11H2,1H3,(H,20,22). The normalized spacial score (nSPS) is 10.9. The van der Waals surface area contributed by atoms with E-state index < -0.39 is 0 Å². The molecule has 1 amide bonds. The average Bonchev–Trinajstić information content (AvgIpc) is 2.86. The summed E-state index contributed by atoms with van der Waals surface area (Å²) < 4.78 is 18.6. The molecule has 0 bridgehead atoms. The smallest absolute Gasteiger partial charge is 0.224 e. The quantitative estimate of drug-likeness (QED) is 0.787. The first-order chi connectivity index (χ1) is 11.1. The number of nitrogens with zero attached hydrogens (tertiary/aromatic N) is 1. The predicted octanol–water partition coefficient (Wildman–Crippen LogP) is 3.18. The lowest BCUT2D eigenvalue weighted by Gasteiger charge is -2.06. The van der Waals surface area contributed by atoms with Gasteiger partial charge in [0.15, 0.2) is 11.5 Å². The van der Waals surface area contributed by atoms with Crippen molar-refractivity contribution >= 4 is 17.0 Å². The molecule has 4 nitrogen and oxygen atoms in total. The van der Waals surface area contributed by atoms with Gasteiger partial charge >= 0.3 is 0 Å². The van der Waals surface area contributed by atoms with E-state index in [4.69, 9.17) is 4.42 Å². The van der Waals surface area contributed by atoms with E-state index in [0.29, 0.717) is 24.4 Å². The summed E-state index contributed by atoms with van der Waals surface area (Å²) in [5.74, 6) is 0.193. The van der Waals surface area contributed by atoms with E-state index in [-0.39, 0.29) is 18.1 Å². The maximum atomic E-state index is 13.1. The van der Waals surface area contributed by atoms with E-state index >= 15 is 0 Å². The molecule has 1 aromatic heterocycles. The lowest BCUT2D eigenvalue weighted by Crippen LogP contribution is -2.27. The molecule has 0 unspecified atom stereocenters. The third-order valence-corrected chi connectivity index (χ3v) is 3.55. The highest BCUT2D eigenvalue weighted by Gasteiger charge is 2.06. The molecule has 3 rings (SSSR count). The van der Waals surface area contributed by atoms with Crippen LogP contribution in [0.3, 0.4) is 0 Å². The van der Waals surface area contributed by atoms with Gasteiger partial charge in [-0.3, -0.25) is 4.79 Å². The summed E-state index contributed by atoms with van der Waals surface area (Å²) in [7, 11) is 0. The van der Waals surface area contributed by atoms with Gasteiger partial charge in [-0.2, -0.15) is 0 Å². The summed E-state index contributed by atoms with van der Waals surface area (Å²) in [6.45, 7) is 2.33. The molecule has 0 fully saturated rings. The fourth-order valence-corrected chi connectivity index (χ4v) is 2.48. The van der Waals surface area contributed by atoms with Gasteiger partial charge in [0, 0.05) is 13.5 Å². The number of aromatic nitrogens is 1. The number of halogens is 1. The second-order valence-corrected chi connectivity index (χ2v) is 5.44. The van der Waals surface area contributed by atoms with E-state index in [1.54, 1.807) is 12.1 Å². The Morgan fingerprint density at radius 1 is 1.22 bits per heavy atom. The number of fused-ring (bicyclic) bond motifs is 1. The summed E-state index contributed by atoms with van der Waals surface area (Å²) in [5.41, 5.74) is 3.33. The molecule has 3 aromatic rings. The maximum Gasteiger partial charge on any atom is 0.224 e. The van der Waals surface area contributed by atoms with Crippen LogP contribution in [0.15, 0.2) is 46.9 Å². The van der Waals surface area contributed by atoms with Crippen molar-refractivity contribution in [3.8, 4) is 0 Å². The van der Waals surface area contributed by atoms with Gasteiger partial charge in [-0.15, -0.1) is 0 Å². The number of hydrogen-bond acceptors (Lipinski definition) is 3. The summed E-state index contributed by atoms with van der Waals surface area (Å²) in [4.78, 5) is 16.1. The molecular weight excluding hydrogens is 295 g/mol. The van der Waals surface area contributed by atoms with Crippen LogP contribution in [-0.2, 0) is 17.6 Å². The van der Waals surface area contributed by atoms with Gasteiger partial charge in [-0.05, 0) is 41.8 Å². The highest BCUT2D eigenvalue weighted by molar-refractivity contribution is 5.78. The first-order valence-electron chi connectivity index (χ1n) is 7.47. The number of amides is 1. The highest BCUT2D eigenvalue weighted by Crippen LogP contribution is 2.17. The Bertz CT molecular complexity index is 842. The summed E-state index contributed by atoms with van der Waals surface area (Å²) >= 11 is 0. The molecule has 1 N–H and O–H groups in total. The zero-order valence-electron chi connectivity index (χ0n) is 12.8. The Morgan fingerprint density at radius 3 is 2.91 bits per heavy atom. The molecule has 0 saturated heterocycles. The first-order valence-corrected chi connectivity index (χ1v) is 7.47. The molecule has 0 aliphatic rings. The highest BCUT2D eigenvalue weighted by atomic mass is 19.1. The van der Waals surface area contributed by atoms with Crippen LogP contribution >= 0.6 is 0 Å². The van der Waals surface area contributed by atoms with E-state index in [9.17, 15) is 9.18 Å². The third kappa shape index (κ3) is 3.94. The maximum absolute atomic E-state index is 13.1. The van der Waals surface area contributed by atoms with Gasteiger partial charge in [-0.1, -0.05) is 18.2 Å². The number of carbonyl (C=O) groups is 1. The van der Waals surface area contributed by atoms with Crippen molar-refractivity contribution in [3.63, 3.8) is 0 Å². The fourth-order valence-electron chi connectivity index (χ4n) is 2.48. The van der Waals surface area contributed by atoms with Crippen LogP contribution in [0.2, 0.25) is 0 Å². The minimum absolute atomic E-state index is 0.118. The van der Waals surface area contributed by atoms with E-state index in [1.807, 2.05) is 25.1 Å². The molecular formula is C18H17FN2O2.